The van der Waals surface area contributed by atoms with Gasteiger partial charge in [0.05, 0.1) is 11.9 Å². The van der Waals surface area contributed by atoms with E-state index in [1.807, 2.05) is 30.3 Å². The molecule has 1 aromatic heterocycles. The molecule has 114 valence electrons. The van der Waals surface area contributed by atoms with Crippen molar-refractivity contribution in [3.05, 3.63) is 42.2 Å². The maximum atomic E-state index is 12.5. The number of carbonyl (C=O) groups is 2. The molecule has 1 aromatic carbocycles. The summed E-state index contributed by atoms with van der Waals surface area (Å²) in [6.45, 7) is 0.438. The Balaban J connectivity index is 1.83. The van der Waals surface area contributed by atoms with Gasteiger partial charge in [0.1, 0.15) is 6.04 Å². The van der Waals surface area contributed by atoms with E-state index in [1.54, 1.807) is 0 Å². The van der Waals surface area contributed by atoms with Gasteiger partial charge in [-0.25, -0.2) is 4.79 Å². The van der Waals surface area contributed by atoms with E-state index in [4.69, 9.17) is 0 Å². The summed E-state index contributed by atoms with van der Waals surface area (Å²) in [4.78, 5) is 26.5. The number of nitrogens with zero attached hydrogens (tertiary/aromatic N) is 4. The van der Waals surface area contributed by atoms with E-state index in [0.717, 1.165) is 18.5 Å². The van der Waals surface area contributed by atoms with Crippen molar-refractivity contribution < 1.29 is 14.7 Å². The average Bonchev–Trinajstić information content (AvgIpc) is 3.05. The van der Waals surface area contributed by atoms with Crippen LogP contribution in [0.3, 0.4) is 0 Å². The Morgan fingerprint density at radius 1 is 1.18 bits per heavy atom. The molecule has 0 spiro atoms. The SMILES string of the molecule is O=C(O)[C@H]1CCCCN1C(=O)c1cnn(-c2ccccc2)n1. The van der Waals surface area contributed by atoms with Crippen molar-refractivity contribution in [3.8, 4) is 5.69 Å². The summed E-state index contributed by atoms with van der Waals surface area (Å²) in [5.41, 5.74) is 0.909. The number of aliphatic carboxylic acids is 1. The molecule has 1 N–H and O–H groups in total. The Morgan fingerprint density at radius 3 is 2.68 bits per heavy atom. The van der Waals surface area contributed by atoms with Crippen LogP contribution in [-0.4, -0.2) is 49.5 Å². The number of amides is 1. The molecule has 3 rings (SSSR count). The maximum absolute atomic E-state index is 12.5. The molecule has 0 radical (unpaired) electrons. The van der Waals surface area contributed by atoms with E-state index in [-0.39, 0.29) is 11.6 Å². The molecule has 2 heterocycles. The van der Waals surface area contributed by atoms with Crippen LogP contribution < -0.4 is 0 Å². The number of carbonyl (C=O) groups excluding carboxylic acids is 1. The van der Waals surface area contributed by atoms with Crippen LogP contribution in [0.2, 0.25) is 0 Å². The van der Waals surface area contributed by atoms with Gasteiger partial charge < -0.3 is 10.0 Å². The Labute approximate surface area is 127 Å². The highest BCUT2D eigenvalue weighted by molar-refractivity contribution is 5.94. The quantitative estimate of drug-likeness (QED) is 0.924. The number of para-hydroxylation sites is 1. The number of rotatable bonds is 3. The lowest BCUT2D eigenvalue weighted by Gasteiger charge is -2.32. The zero-order chi connectivity index (χ0) is 15.5. The second-order valence-corrected chi connectivity index (χ2v) is 5.20. The molecule has 22 heavy (non-hydrogen) atoms. The summed E-state index contributed by atoms with van der Waals surface area (Å²) in [5, 5.41) is 17.5. The third kappa shape index (κ3) is 2.69. The highest BCUT2D eigenvalue weighted by atomic mass is 16.4. The fraction of sp³-hybridized carbons (Fsp3) is 0.333. The van der Waals surface area contributed by atoms with Crippen molar-refractivity contribution in [3.63, 3.8) is 0 Å². The van der Waals surface area contributed by atoms with Crippen LogP contribution in [-0.2, 0) is 4.79 Å². The first-order valence-corrected chi connectivity index (χ1v) is 7.18. The van der Waals surface area contributed by atoms with Gasteiger partial charge >= 0.3 is 5.97 Å². The van der Waals surface area contributed by atoms with Gasteiger partial charge in [-0.1, -0.05) is 18.2 Å². The molecule has 0 bridgehead atoms. The number of carboxylic acids is 1. The molecule has 1 atom stereocenters. The molecule has 7 heteroatoms. The minimum Gasteiger partial charge on any atom is -0.480 e. The standard InChI is InChI=1S/C15H16N4O3/c20-14(18-9-5-4-8-13(18)15(21)22)12-10-16-19(17-12)11-6-2-1-3-7-11/h1-3,6-7,10,13H,4-5,8-9H2,(H,21,22)/t13-/m1/s1. The summed E-state index contributed by atoms with van der Waals surface area (Å²) in [6.07, 6.45) is 3.48. The molecule has 1 saturated heterocycles. The number of benzene rings is 1. The molecule has 1 aliphatic rings. The third-order valence-corrected chi connectivity index (χ3v) is 3.75. The number of likely N-dealkylation sites (tertiary alicyclic amines) is 1. The summed E-state index contributed by atoms with van der Waals surface area (Å²) in [5.74, 6) is -1.35. The van der Waals surface area contributed by atoms with Gasteiger partial charge in [0, 0.05) is 6.54 Å². The van der Waals surface area contributed by atoms with Crippen LogP contribution in [0.5, 0.6) is 0 Å². The van der Waals surface area contributed by atoms with Crippen LogP contribution in [0.1, 0.15) is 29.8 Å². The molecule has 0 aliphatic carbocycles. The van der Waals surface area contributed by atoms with Gasteiger partial charge in [-0.3, -0.25) is 4.79 Å². The lowest BCUT2D eigenvalue weighted by molar-refractivity contribution is -0.143. The first-order valence-electron chi connectivity index (χ1n) is 7.18. The highest BCUT2D eigenvalue weighted by Gasteiger charge is 2.33. The van der Waals surface area contributed by atoms with Crippen molar-refractivity contribution in [2.75, 3.05) is 6.54 Å². The van der Waals surface area contributed by atoms with Gasteiger partial charge in [0.2, 0.25) is 0 Å². The number of carboxylic acid groups (broad SMARTS) is 1. The molecule has 2 aromatic rings. The second-order valence-electron chi connectivity index (χ2n) is 5.20. The van der Waals surface area contributed by atoms with E-state index in [2.05, 4.69) is 10.2 Å². The number of piperidine rings is 1. The molecule has 1 fully saturated rings. The summed E-state index contributed by atoms with van der Waals surface area (Å²) in [6, 6.07) is 8.47. The molecule has 1 aliphatic heterocycles. The molecule has 0 saturated carbocycles. The Hall–Kier alpha value is -2.70. The summed E-state index contributed by atoms with van der Waals surface area (Å²) < 4.78 is 0. The van der Waals surface area contributed by atoms with Gasteiger partial charge in [0.15, 0.2) is 5.69 Å². The van der Waals surface area contributed by atoms with Gasteiger partial charge in [-0.2, -0.15) is 9.90 Å². The summed E-state index contributed by atoms with van der Waals surface area (Å²) in [7, 11) is 0. The molecular weight excluding hydrogens is 284 g/mol. The topological polar surface area (TPSA) is 88.3 Å². The first kappa shape index (κ1) is 14.2. The Kier molecular flexibility index (Phi) is 3.86. The largest absolute Gasteiger partial charge is 0.480 e. The van der Waals surface area contributed by atoms with Crippen molar-refractivity contribution in [1.29, 1.82) is 0 Å². The predicted octanol–water partition coefficient (Wildman–Crippen LogP) is 1.35. The Morgan fingerprint density at radius 2 is 1.95 bits per heavy atom. The zero-order valence-corrected chi connectivity index (χ0v) is 11.9. The second kappa shape index (κ2) is 5.97. The minimum absolute atomic E-state index is 0.164. The predicted molar refractivity (Wildman–Crippen MR) is 77.7 cm³/mol. The van der Waals surface area contributed by atoms with Crippen molar-refractivity contribution in [2.45, 2.75) is 25.3 Å². The van der Waals surface area contributed by atoms with E-state index in [9.17, 15) is 14.7 Å². The zero-order valence-electron chi connectivity index (χ0n) is 11.9. The van der Waals surface area contributed by atoms with Crippen molar-refractivity contribution in [1.82, 2.24) is 19.9 Å². The van der Waals surface area contributed by atoms with Crippen LogP contribution in [0.25, 0.3) is 5.69 Å². The monoisotopic (exact) mass is 300 g/mol. The van der Waals surface area contributed by atoms with Gasteiger partial charge in [0.25, 0.3) is 5.91 Å². The smallest absolute Gasteiger partial charge is 0.326 e. The fourth-order valence-electron chi connectivity index (χ4n) is 2.63. The van der Waals surface area contributed by atoms with Crippen molar-refractivity contribution in [2.24, 2.45) is 0 Å². The van der Waals surface area contributed by atoms with Crippen LogP contribution >= 0.6 is 0 Å². The Bertz CT molecular complexity index is 683. The van der Waals surface area contributed by atoms with E-state index >= 15 is 0 Å². The fourth-order valence-corrected chi connectivity index (χ4v) is 2.63. The molecule has 7 nitrogen and oxygen atoms in total. The maximum Gasteiger partial charge on any atom is 0.326 e. The number of hydrogen-bond acceptors (Lipinski definition) is 4. The van der Waals surface area contributed by atoms with Crippen LogP contribution in [0, 0.1) is 0 Å². The van der Waals surface area contributed by atoms with E-state index in [1.165, 1.54) is 15.9 Å². The third-order valence-electron chi connectivity index (χ3n) is 3.75. The lowest BCUT2D eigenvalue weighted by Crippen LogP contribution is -2.48. The molecule has 1 amide bonds. The molecular formula is C15H16N4O3. The van der Waals surface area contributed by atoms with E-state index in [0.29, 0.717) is 13.0 Å². The van der Waals surface area contributed by atoms with E-state index < -0.39 is 12.0 Å². The first-order chi connectivity index (χ1) is 10.7. The van der Waals surface area contributed by atoms with Crippen LogP contribution in [0.15, 0.2) is 36.5 Å². The number of hydrogen-bond donors (Lipinski definition) is 1. The summed E-state index contributed by atoms with van der Waals surface area (Å²) >= 11 is 0. The minimum atomic E-state index is -0.969. The van der Waals surface area contributed by atoms with Gasteiger partial charge in [-0.15, -0.1) is 5.10 Å². The average molecular weight is 300 g/mol. The number of aromatic nitrogens is 3. The molecule has 0 unspecified atom stereocenters. The van der Waals surface area contributed by atoms with Crippen molar-refractivity contribution >= 4 is 11.9 Å². The normalized spacial score (nSPS) is 18.2. The lowest BCUT2D eigenvalue weighted by atomic mass is 10.0. The van der Waals surface area contributed by atoms with Gasteiger partial charge in [-0.05, 0) is 31.4 Å². The van der Waals surface area contributed by atoms with Crippen LogP contribution in [0.4, 0.5) is 0 Å². The highest BCUT2D eigenvalue weighted by Crippen LogP contribution is 2.19.